The summed E-state index contributed by atoms with van der Waals surface area (Å²) in [7, 11) is -3.75. The fourth-order valence-electron chi connectivity index (χ4n) is 3.31. The molecule has 1 amide bonds. The number of benzene rings is 3. The van der Waals surface area contributed by atoms with Gasteiger partial charge in [-0.25, -0.2) is 13.8 Å². The van der Waals surface area contributed by atoms with E-state index in [1.165, 1.54) is 12.3 Å². The van der Waals surface area contributed by atoms with E-state index >= 15 is 0 Å². The van der Waals surface area contributed by atoms with Crippen LogP contribution in [0.3, 0.4) is 0 Å². The normalized spacial score (nSPS) is 11.4. The Bertz CT molecular complexity index is 1380. The molecule has 0 aliphatic rings. The molecule has 0 aliphatic carbocycles. The number of carbonyl (C=O) groups is 1. The van der Waals surface area contributed by atoms with E-state index < -0.39 is 22.5 Å². The second kappa shape index (κ2) is 12.8. The van der Waals surface area contributed by atoms with Crippen LogP contribution in [-0.4, -0.2) is 39.9 Å². The fourth-order valence-corrected chi connectivity index (χ4v) is 4.51. The zero-order valence-electron chi connectivity index (χ0n) is 20.6. The van der Waals surface area contributed by atoms with Crippen molar-refractivity contribution in [2.45, 2.75) is 20.5 Å². The highest BCUT2D eigenvalue weighted by molar-refractivity contribution is 7.92. The van der Waals surface area contributed by atoms with E-state index in [2.05, 4.69) is 10.5 Å². The number of rotatable bonds is 11. The molecule has 11 heteroatoms. The van der Waals surface area contributed by atoms with Crippen molar-refractivity contribution in [2.24, 2.45) is 5.10 Å². The molecule has 0 saturated heterocycles. The first-order chi connectivity index (χ1) is 17.6. The topological polar surface area (TPSA) is 97.3 Å². The first-order valence-electron chi connectivity index (χ1n) is 11.3. The van der Waals surface area contributed by atoms with Gasteiger partial charge in [0, 0.05) is 10.0 Å². The van der Waals surface area contributed by atoms with E-state index in [0.29, 0.717) is 51.6 Å². The smallest absolute Gasteiger partial charge is 0.260 e. The maximum absolute atomic E-state index is 12.5. The third kappa shape index (κ3) is 8.38. The Hall–Kier alpha value is -3.27. The molecule has 3 rings (SSSR count). The lowest BCUT2D eigenvalue weighted by Gasteiger charge is -2.23. The largest absolute Gasteiger partial charge is 0.490 e. The van der Waals surface area contributed by atoms with Crippen LogP contribution in [0.25, 0.3) is 0 Å². The first-order valence-corrected chi connectivity index (χ1v) is 13.9. The Morgan fingerprint density at radius 1 is 1.00 bits per heavy atom. The minimum Gasteiger partial charge on any atom is -0.490 e. The van der Waals surface area contributed by atoms with Crippen LogP contribution in [0.1, 0.15) is 23.6 Å². The number of nitrogens with one attached hydrogen (secondary N) is 1. The van der Waals surface area contributed by atoms with Gasteiger partial charge in [0.25, 0.3) is 5.91 Å². The SMILES string of the molecule is CCOc1cc(/C=N\NC(=O)CN(c2cc(Cl)ccc2C)S(C)(=O)=O)ccc1OCc1ccc(Cl)cc1. The fraction of sp³-hybridized carbons (Fsp3) is 0.231. The van der Waals surface area contributed by atoms with Crippen LogP contribution >= 0.6 is 23.2 Å². The standard InChI is InChI=1S/C26H27Cl2N3O5S/c1-4-35-25-13-20(8-12-24(25)36-17-19-6-10-21(27)11-7-19)15-29-30-26(32)16-31(37(3,33)34)23-14-22(28)9-5-18(23)2/h5-15H,4,16-17H2,1-3H3,(H,30,32)/b29-15-. The van der Waals surface area contributed by atoms with Crippen molar-refractivity contribution in [2.75, 3.05) is 23.7 Å². The van der Waals surface area contributed by atoms with Gasteiger partial charge < -0.3 is 9.47 Å². The van der Waals surface area contributed by atoms with Gasteiger partial charge in [0.15, 0.2) is 11.5 Å². The average Bonchev–Trinajstić information content (AvgIpc) is 2.84. The number of hydrogen-bond acceptors (Lipinski definition) is 6. The monoisotopic (exact) mass is 563 g/mol. The molecule has 0 aliphatic heterocycles. The summed E-state index contributed by atoms with van der Waals surface area (Å²) in [5, 5.41) is 4.97. The average molecular weight is 564 g/mol. The molecule has 0 saturated carbocycles. The molecular weight excluding hydrogens is 537 g/mol. The quantitative estimate of drug-likeness (QED) is 0.255. The van der Waals surface area contributed by atoms with Gasteiger partial charge in [-0.05, 0) is 73.0 Å². The van der Waals surface area contributed by atoms with Gasteiger partial charge in [-0.2, -0.15) is 5.10 Å². The summed E-state index contributed by atoms with van der Waals surface area (Å²) in [6.07, 6.45) is 2.45. The van der Waals surface area contributed by atoms with Crippen molar-refractivity contribution >= 4 is 51.0 Å². The number of ether oxygens (including phenoxy) is 2. The second-order valence-corrected chi connectivity index (χ2v) is 10.8. The lowest BCUT2D eigenvalue weighted by atomic mass is 10.2. The molecule has 0 heterocycles. The minimum absolute atomic E-state index is 0.324. The highest BCUT2D eigenvalue weighted by Gasteiger charge is 2.22. The van der Waals surface area contributed by atoms with Crippen LogP contribution in [-0.2, 0) is 21.4 Å². The summed E-state index contributed by atoms with van der Waals surface area (Å²) in [5.74, 6) is 0.457. The van der Waals surface area contributed by atoms with Gasteiger partial charge in [-0.3, -0.25) is 9.10 Å². The van der Waals surface area contributed by atoms with E-state index in [-0.39, 0.29) is 0 Å². The van der Waals surface area contributed by atoms with Crippen molar-refractivity contribution in [3.63, 3.8) is 0 Å². The van der Waals surface area contributed by atoms with Crippen molar-refractivity contribution in [3.8, 4) is 11.5 Å². The van der Waals surface area contributed by atoms with Crippen LogP contribution < -0.4 is 19.2 Å². The van der Waals surface area contributed by atoms with E-state index in [0.717, 1.165) is 16.1 Å². The molecule has 37 heavy (non-hydrogen) atoms. The van der Waals surface area contributed by atoms with Crippen LogP contribution in [0.4, 0.5) is 5.69 Å². The van der Waals surface area contributed by atoms with Crippen molar-refractivity contribution < 1.29 is 22.7 Å². The number of sulfonamides is 1. The van der Waals surface area contributed by atoms with Crippen molar-refractivity contribution in [1.82, 2.24) is 5.43 Å². The van der Waals surface area contributed by atoms with Gasteiger partial charge in [0.2, 0.25) is 10.0 Å². The molecule has 3 aromatic rings. The number of hydrogen-bond donors (Lipinski definition) is 1. The van der Waals surface area contributed by atoms with Crippen molar-refractivity contribution in [3.05, 3.63) is 87.4 Å². The lowest BCUT2D eigenvalue weighted by Crippen LogP contribution is -2.39. The molecule has 1 N–H and O–H groups in total. The Kier molecular flexibility index (Phi) is 9.79. The Labute approximate surface area is 226 Å². The van der Waals surface area contributed by atoms with E-state index in [1.54, 1.807) is 49.4 Å². The highest BCUT2D eigenvalue weighted by atomic mass is 35.5. The lowest BCUT2D eigenvalue weighted by molar-refractivity contribution is -0.119. The maximum atomic E-state index is 12.5. The van der Waals surface area contributed by atoms with Crippen LogP contribution in [0, 0.1) is 6.92 Å². The number of nitrogens with zero attached hydrogens (tertiary/aromatic N) is 2. The van der Waals surface area contributed by atoms with Gasteiger partial charge in [-0.15, -0.1) is 0 Å². The van der Waals surface area contributed by atoms with Crippen molar-refractivity contribution in [1.29, 1.82) is 0 Å². The van der Waals surface area contributed by atoms with Gasteiger partial charge >= 0.3 is 0 Å². The van der Waals surface area contributed by atoms with Crippen LogP contribution in [0.5, 0.6) is 11.5 Å². The van der Waals surface area contributed by atoms with Gasteiger partial charge in [0.05, 0.1) is 24.8 Å². The second-order valence-electron chi connectivity index (χ2n) is 8.05. The number of carbonyl (C=O) groups excluding carboxylic acids is 1. The van der Waals surface area contributed by atoms with E-state index in [1.807, 2.05) is 19.1 Å². The number of anilines is 1. The number of hydrazone groups is 1. The summed E-state index contributed by atoms with van der Waals surface area (Å²) in [5.41, 5.74) is 4.95. The first kappa shape index (κ1) is 28.3. The molecule has 0 atom stereocenters. The zero-order valence-corrected chi connectivity index (χ0v) is 22.9. The summed E-state index contributed by atoms with van der Waals surface area (Å²) in [6.45, 7) is 3.90. The van der Waals surface area contributed by atoms with Crippen LogP contribution in [0.2, 0.25) is 10.0 Å². The zero-order chi connectivity index (χ0) is 27.0. The third-order valence-corrected chi connectivity index (χ3v) is 6.72. The predicted molar refractivity (Wildman–Crippen MR) is 148 cm³/mol. The molecule has 0 spiro atoms. The number of aryl methyl sites for hydroxylation is 1. The molecule has 0 bridgehead atoms. The molecule has 0 fully saturated rings. The molecular formula is C26H27Cl2N3O5S. The molecule has 0 aromatic heterocycles. The molecule has 3 aromatic carbocycles. The number of halogens is 2. The summed E-state index contributed by atoms with van der Waals surface area (Å²) in [4.78, 5) is 12.5. The Morgan fingerprint density at radius 3 is 2.38 bits per heavy atom. The predicted octanol–water partition coefficient (Wildman–Crippen LogP) is 5.20. The Morgan fingerprint density at radius 2 is 1.70 bits per heavy atom. The third-order valence-electron chi connectivity index (χ3n) is 5.11. The van der Waals surface area contributed by atoms with E-state index in [9.17, 15) is 13.2 Å². The molecule has 8 nitrogen and oxygen atoms in total. The molecule has 196 valence electrons. The maximum Gasteiger partial charge on any atom is 0.260 e. The van der Waals surface area contributed by atoms with Gasteiger partial charge in [-0.1, -0.05) is 41.4 Å². The summed E-state index contributed by atoms with van der Waals surface area (Å²) >= 11 is 12.0. The summed E-state index contributed by atoms with van der Waals surface area (Å²) < 4.78 is 37.3. The highest BCUT2D eigenvalue weighted by Crippen LogP contribution is 2.29. The minimum atomic E-state index is -3.75. The summed E-state index contributed by atoms with van der Waals surface area (Å²) in [6, 6.07) is 17.4. The molecule has 0 unspecified atom stereocenters. The number of amides is 1. The van der Waals surface area contributed by atoms with Crippen LogP contribution in [0.15, 0.2) is 65.8 Å². The van der Waals surface area contributed by atoms with Gasteiger partial charge in [0.1, 0.15) is 13.2 Å². The van der Waals surface area contributed by atoms with E-state index in [4.69, 9.17) is 32.7 Å². The Balaban J connectivity index is 1.67. The molecule has 0 radical (unpaired) electrons.